The molecule has 0 amide bonds. The molecule has 0 aliphatic heterocycles. The first-order valence-electron chi connectivity index (χ1n) is 4.64. The minimum Gasteiger partial charge on any atom is -0.490 e. The van der Waals surface area contributed by atoms with E-state index in [1.165, 1.54) is 0 Å². The third-order valence-electron chi connectivity index (χ3n) is 1.80. The van der Waals surface area contributed by atoms with Gasteiger partial charge in [0.2, 0.25) is 0 Å². The first-order chi connectivity index (χ1) is 6.33. The zero-order valence-electron chi connectivity index (χ0n) is 8.07. The van der Waals surface area contributed by atoms with Crippen LogP contribution >= 0.6 is 0 Å². The van der Waals surface area contributed by atoms with E-state index in [4.69, 9.17) is 10.5 Å². The van der Waals surface area contributed by atoms with Crippen LogP contribution in [0.2, 0.25) is 0 Å². The van der Waals surface area contributed by atoms with Gasteiger partial charge >= 0.3 is 0 Å². The lowest BCUT2D eigenvalue weighted by Crippen LogP contribution is -2.01. The van der Waals surface area contributed by atoms with Crippen molar-refractivity contribution in [3.63, 3.8) is 0 Å². The number of ether oxygens (including phenoxy) is 1. The molecule has 13 heavy (non-hydrogen) atoms. The number of hydrogen-bond donors (Lipinski definition) is 1. The topological polar surface area (TPSA) is 53.1 Å². The first kappa shape index (κ1) is 10.1. The Morgan fingerprint density at radius 1 is 1.46 bits per heavy atom. The van der Waals surface area contributed by atoms with Gasteiger partial charge in [-0.3, -0.25) is 4.68 Å². The fourth-order valence-electron chi connectivity index (χ4n) is 1.09. The average molecular weight is 183 g/mol. The van der Waals surface area contributed by atoms with Crippen molar-refractivity contribution in [1.29, 1.82) is 0 Å². The van der Waals surface area contributed by atoms with E-state index >= 15 is 0 Å². The molecule has 0 aromatic carbocycles. The Bertz CT molecular complexity index is 235. The lowest BCUT2D eigenvalue weighted by Gasteiger charge is -2.01. The average Bonchev–Trinajstić information content (AvgIpc) is 2.51. The Balaban J connectivity index is 2.06. The SMILES string of the molecule is Cn1cc(OCCCCCN)cn1. The first-order valence-corrected chi connectivity index (χ1v) is 4.64. The molecule has 2 N–H and O–H groups in total. The maximum Gasteiger partial charge on any atom is 0.157 e. The minimum atomic E-state index is 0.756. The summed E-state index contributed by atoms with van der Waals surface area (Å²) in [5.41, 5.74) is 5.37. The highest BCUT2D eigenvalue weighted by atomic mass is 16.5. The van der Waals surface area contributed by atoms with E-state index in [-0.39, 0.29) is 0 Å². The minimum absolute atomic E-state index is 0.756. The van der Waals surface area contributed by atoms with Gasteiger partial charge in [-0.25, -0.2) is 0 Å². The van der Waals surface area contributed by atoms with Gasteiger partial charge in [0.05, 0.1) is 19.0 Å². The van der Waals surface area contributed by atoms with Crippen LogP contribution in [0.4, 0.5) is 0 Å². The molecule has 0 saturated carbocycles. The van der Waals surface area contributed by atoms with Crippen molar-refractivity contribution < 1.29 is 4.74 Å². The second-order valence-electron chi connectivity index (χ2n) is 3.05. The van der Waals surface area contributed by atoms with E-state index in [2.05, 4.69) is 5.10 Å². The summed E-state index contributed by atoms with van der Waals surface area (Å²) in [5.74, 6) is 0.843. The summed E-state index contributed by atoms with van der Waals surface area (Å²) < 4.78 is 7.18. The van der Waals surface area contributed by atoms with Crippen LogP contribution in [-0.2, 0) is 7.05 Å². The van der Waals surface area contributed by atoms with Crippen LogP contribution in [0, 0.1) is 0 Å². The standard InChI is InChI=1S/C9H17N3O/c1-12-8-9(7-11-12)13-6-4-2-3-5-10/h7-8H,2-6,10H2,1H3. The predicted molar refractivity (Wildman–Crippen MR) is 51.6 cm³/mol. The Labute approximate surface area is 78.7 Å². The molecular weight excluding hydrogens is 166 g/mol. The molecule has 0 aliphatic rings. The van der Waals surface area contributed by atoms with E-state index in [1.807, 2.05) is 13.2 Å². The number of unbranched alkanes of at least 4 members (excludes halogenated alkanes) is 2. The number of aromatic nitrogens is 2. The Morgan fingerprint density at radius 2 is 2.31 bits per heavy atom. The normalized spacial score (nSPS) is 10.3. The quantitative estimate of drug-likeness (QED) is 0.667. The van der Waals surface area contributed by atoms with Gasteiger partial charge in [0, 0.05) is 7.05 Å². The molecule has 0 aliphatic carbocycles. The van der Waals surface area contributed by atoms with Gasteiger partial charge in [-0.15, -0.1) is 0 Å². The summed E-state index contributed by atoms with van der Waals surface area (Å²) in [6.45, 7) is 1.53. The summed E-state index contributed by atoms with van der Waals surface area (Å²) in [6.07, 6.45) is 6.87. The van der Waals surface area contributed by atoms with E-state index < -0.39 is 0 Å². The maximum atomic E-state index is 5.45. The van der Waals surface area contributed by atoms with E-state index in [0.29, 0.717) is 0 Å². The largest absolute Gasteiger partial charge is 0.490 e. The predicted octanol–water partition coefficient (Wildman–Crippen LogP) is 0.928. The summed E-state index contributed by atoms with van der Waals surface area (Å²) in [5, 5.41) is 4.00. The van der Waals surface area contributed by atoms with Crippen molar-refractivity contribution in [3.8, 4) is 5.75 Å². The Kier molecular flexibility index (Phi) is 4.32. The maximum absolute atomic E-state index is 5.45. The Morgan fingerprint density at radius 3 is 2.92 bits per heavy atom. The molecule has 0 atom stereocenters. The third-order valence-corrected chi connectivity index (χ3v) is 1.80. The molecule has 74 valence electrons. The zero-order valence-corrected chi connectivity index (χ0v) is 8.07. The molecule has 0 unspecified atom stereocenters. The third kappa shape index (κ3) is 3.94. The van der Waals surface area contributed by atoms with Crippen molar-refractivity contribution in [3.05, 3.63) is 12.4 Å². The highest BCUT2D eigenvalue weighted by Gasteiger charge is 1.95. The van der Waals surface area contributed by atoms with Crippen LogP contribution in [0.15, 0.2) is 12.4 Å². The highest BCUT2D eigenvalue weighted by molar-refractivity contribution is 5.10. The van der Waals surface area contributed by atoms with Crippen LogP contribution in [-0.4, -0.2) is 22.9 Å². The lowest BCUT2D eigenvalue weighted by molar-refractivity contribution is 0.305. The Hall–Kier alpha value is -1.03. The van der Waals surface area contributed by atoms with Crippen LogP contribution in [0.5, 0.6) is 5.75 Å². The zero-order chi connectivity index (χ0) is 9.52. The second kappa shape index (κ2) is 5.59. The number of aryl methyl sites for hydroxylation is 1. The van der Waals surface area contributed by atoms with Crippen molar-refractivity contribution in [2.24, 2.45) is 12.8 Å². The van der Waals surface area contributed by atoms with Gasteiger partial charge in [-0.2, -0.15) is 5.10 Å². The van der Waals surface area contributed by atoms with Crippen molar-refractivity contribution >= 4 is 0 Å². The number of nitrogens with two attached hydrogens (primary N) is 1. The van der Waals surface area contributed by atoms with Crippen molar-refractivity contribution in [1.82, 2.24) is 9.78 Å². The van der Waals surface area contributed by atoms with E-state index in [9.17, 15) is 0 Å². The molecule has 1 rings (SSSR count). The highest BCUT2D eigenvalue weighted by Crippen LogP contribution is 2.07. The molecule has 0 radical (unpaired) electrons. The van der Waals surface area contributed by atoms with Gasteiger partial charge in [-0.05, 0) is 25.8 Å². The van der Waals surface area contributed by atoms with Gasteiger partial charge in [0.15, 0.2) is 5.75 Å². The summed E-state index contributed by atoms with van der Waals surface area (Å²) in [4.78, 5) is 0. The fourth-order valence-corrected chi connectivity index (χ4v) is 1.09. The molecule has 0 spiro atoms. The molecule has 4 nitrogen and oxygen atoms in total. The second-order valence-corrected chi connectivity index (χ2v) is 3.05. The summed E-state index contributed by atoms with van der Waals surface area (Å²) >= 11 is 0. The fraction of sp³-hybridized carbons (Fsp3) is 0.667. The van der Waals surface area contributed by atoms with Crippen LogP contribution < -0.4 is 10.5 Å². The molecule has 0 fully saturated rings. The molecular formula is C9H17N3O. The summed E-state index contributed by atoms with van der Waals surface area (Å²) in [6, 6.07) is 0. The molecule has 0 bridgehead atoms. The smallest absolute Gasteiger partial charge is 0.157 e. The molecule has 0 saturated heterocycles. The van der Waals surface area contributed by atoms with Gasteiger partial charge in [-0.1, -0.05) is 0 Å². The molecule has 4 heteroatoms. The lowest BCUT2D eigenvalue weighted by atomic mass is 10.2. The van der Waals surface area contributed by atoms with E-state index in [1.54, 1.807) is 10.9 Å². The van der Waals surface area contributed by atoms with Gasteiger partial charge < -0.3 is 10.5 Å². The number of rotatable bonds is 6. The van der Waals surface area contributed by atoms with Gasteiger partial charge in [0.1, 0.15) is 0 Å². The van der Waals surface area contributed by atoms with Crippen LogP contribution in [0.3, 0.4) is 0 Å². The molecule has 1 heterocycles. The monoisotopic (exact) mass is 183 g/mol. The van der Waals surface area contributed by atoms with Crippen molar-refractivity contribution in [2.45, 2.75) is 19.3 Å². The van der Waals surface area contributed by atoms with Crippen LogP contribution in [0.25, 0.3) is 0 Å². The molecule has 1 aromatic heterocycles. The number of hydrogen-bond acceptors (Lipinski definition) is 3. The van der Waals surface area contributed by atoms with Crippen molar-refractivity contribution in [2.75, 3.05) is 13.2 Å². The van der Waals surface area contributed by atoms with Gasteiger partial charge in [0.25, 0.3) is 0 Å². The van der Waals surface area contributed by atoms with Crippen LogP contribution in [0.1, 0.15) is 19.3 Å². The number of nitrogens with zero attached hydrogens (tertiary/aromatic N) is 2. The summed E-state index contributed by atoms with van der Waals surface area (Å²) in [7, 11) is 1.88. The molecule has 1 aromatic rings. The van der Waals surface area contributed by atoms with E-state index in [0.717, 1.165) is 38.2 Å².